The van der Waals surface area contributed by atoms with Crippen molar-refractivity contribution in [2.75, 3.05) is 37.9 Å². The number of nitrogens with zero attached hydrogens (tertiary/aromatic N) is 3. The van der Waals surface area contributed by atoms with Crippen LogP contribution in [0.15, 0.2) is 84.9 Å². The second kappa shape index (κ2) is 12.4. The highest BCUT2D eigenvalue weighted by atomic mass is 16.5. The van der Waals surface area contributed by atoms with Crippen LogP contribution in [0.1, 0.15) is 13.3 Å². The number of rotatable bonds is 10. The molecule has 0 saturated heterocycles. The van der Waals surface area contributed by atoms with Crippen molar-refractivity contribution in [1.82, 2.24) is 14.7 Å². The molecule has 0 fully saturated rings. The van der Waals surface area contributed by atoms with Crippen LogP contribution in [-0.2, 0) is 4.79 Å². The van der Waals surface area contributed by atoms with Gasteiger partial charge in [0.25, 0.3) is 0 Å². The van der Waals surface area contributed by atoms with Crippen LogP contribution in [0.3, 0.4) is 0 Å². The molecule has 0 spiro atoms. The Morgan fingerprint density at radius 2 is 1.61 bits per heavy atom. The van der Waals surface area contributed by atoms with Crippen LogP contribution in [-0.4, -0.2) is 53.9 Å². The third-order valence-electron chi connectivity index (χ3n) is 5.83. The minimum Gasteiger partial charge on any atom is -0.497 e. The molecule has 1 aromatic heterocycles. The quantitative estimate of drug-likeness (QED) is 0.294. The van der Waals surface area contributed by atoms with Gasteiger partial charge >= 0.3 is 6.03 Å². The summed E-state index contributed by atoms with van der Waals surface area (Å²) in [5, 5.41) is 10.5. The van der Waals surface area contributed by atoms with E-state index in [1.807, 2.05) is 73.7 Å². The maximum absolute atomic E-state index is 13.2. The number of aromatic nitrogens is 2. The molecule has 0 bridgehead atoms. The zero-order chi connectivity index (χ0) is 26.9. The molecule has 2 N–H and O–H groups in total. The molecule has 196 valence electrons. The second-order valence-electron chi connectivity index (χ2n) is 8.49. The SMILES string of the molecule is CCCN(CC(=O)Nc1cc(-c2ccccc2)nn1-c1ccc(OC)cc1)C(=O)Nc1ccccc1OC. The molecule has 9 nitrogen and oxygen atoms in total. The van der Waals surface area contributed by atoms with Crippen LogP contribution in [0.2, 0.25) is 0 Å². The monoisotopic (exact) mass is 513 g/mol. The summed E-state index contributed by atoms with van der Waals surface area (Å²) >= 11 is 0. The Morgan fingerprint density at radius 3 is 2.29 bits per heavy atom. The van der Waals surface area contributed by atoms with Crippen LogP contribution < -0.4 is 20.1 Å². The lowest BCUT2D eigenvalue weighted by atomic mass is 10.1. The fourth-order valence-electron chi connectivity index (χ4n) is 3.96. The fraction of sp³-hybridized carbons (Fsp3) is 0.207. The van der Waals surface area contributed by atoms with Crippen molar-refractivity contribution in [2.45, 2.75) is 13.3 Å². The molecule has 0 aliphatic rings. The van der Waals surface area contributed by atoms with Crippen LogP contribution in [0.4, 0.5) is 16.3 Å². The summed E-state index contributed by atoms with van der Waals surface area (Å²) in [5.41, 5.74) is 2.91. The predicted molar refractivity (Wildman–Crippen MR) is 148 cm³/mol. The zero-order valence-electron chi connectivity index (χ0n) is 21.7. The lowest BCUT2D eigenvalue weighted by molar-refractivity contribution is -0.116. The summed E-state index contributed by atoms with van der Waals surface area (Å²) in [4.78, 5) is 27.7. The molecule has 9 heteroatoms. The third kappa shape index (κ3) is 6.31. The summed E-state index contributed by atoms with van der Waals surface area (Å²) in [7, 11) is 3.14. The molecular formula is C29H31N5O4. The second-order valence-corrected chi connectivity index (χ2v) is 8.49. The van der Waals surface area contributed by atoms with Crippen molar-refractivity contribution in [1.29, 1.82) is 0 Å². The summed E-state index contributed by atoms with van der Waals surface area (Å²) in [6.07, 6.45) is 0.689. The molecule has 0 atom stereocenters. The number of methoxy groups -OCH3 is 2. The first-order valence-corrected chi connectivity index (χ1v) is 12.3. The van der Waals surface area contributed by atoms with E-state index in [-0.39, 0.29) is 18.5 Å². The van der Waals surface area contributed by atoms with Crippen LogP contribution in [0, 0.1) is 0 Å². The Kier molecular flexibility index (Phi) is 8.61. The van der Waals surface area contributed by atoms with E-state index in [9.17, 15) is 9.59 Å². The minimum atomic E-state index is -0.389. The Labute approximate surface area is 222 Å². The fourth-order valence-corrected chi connectivity index (χ4v) is 3.96. The highest BCUT2D eigenvalue weighted by Crippen LogP contribution is 2.26. The van der Waals surface area contributed by atoms with E-state index in [0.717, 1.165) is 11.3 Å². The summed E-state index contributed by atoms with van der Waals surface area (Å²) in [6, 6.07) is 25.7. The van der Waals surface area contributed by atoms with Gasteiger partial charge in [0.05, 0.1) is 31.3 Å². The molecule has 3 aromatic carbocycles. The lowest BCUT2D eigenvalue weighted by Crippen LogP contribution is -2.41. The van der Waals surface area contributed by atoms with Crippen LogP contribution in [0.5, 0.6) is 11.5 Å². The van der Waals surface area contributed by atoms with Crippen LogP contribution in [0.25, 0.3) is 16.9 Å². The lowest BCUT2D eigenvalue weighted by Gasteiger charge is -2.22. The van der Waals surface area contributed by atoms with Crippen molar-refractivity contribution < 1.29 is 19.1 Å². The third-order valence-corrected chi connectivity index (χ3v) is 5.83. The largest absolute Gasteiger partial charge is 0.497 e. The first-order chi connectivity index (χ1) is 18.5. The number of benzene rings is 3. The molecule has 1 heterocycles. The molecule has 4 rings (SSSR count). The number of carbonyl (C=O) groups excluding carboxylic acids is 2. The molecule has 0 aliphatic carbocycles. The van der Waals surface area contributed by atoms with Gasteiger partial charge in [0, 0.05) is 18.2 Å². The summed E-state index contributed by atoms with van der Waals surface area (Å²) in [5.74, 6) is 1.40. The van der Waals surface area contributed by atoms with Crippen LogP contribution >= 0.6 is 0 Å². The molecule has 0 aliphatic heterocycles. The van der Waals surface area contributed by atoms with Crippen molar-refractivity contribution in [3.63, 3.8) is 0 Å². The molecular weight excluding hydrogens is 482 g/mol. The number of para-hydroxylation sites is 2. The highest BCUT2D eigenvalue weighted by Gasteiger charge is 2.20. The Hall–Kier alpha value is -4.79. The normalized spacial score (nSPS) is 10.5. The van der Waals surface area contributed by atoms with Crippen molar-refractivity contribution in [2.24, 2.45) is 0 Å². The molecule has 4 aromatic rings. The van der Waals surface area contributed by atoms with Gasteiger partial charge in [-0.1, -0.05) is 49.4 Å². The number of ether oxygens (including phenoxy) is 2. The van der Waals surface area contributed by atoms with E-state index in [4.69, 9.17) is 14.6 Å². The number of urea groups is 1. The summed E-state index contributed by atoms with van der Waals surface area (Å²) in [6.45, 7) is 2.22. The molecule has 3 amide bonds. The number of hydrogen-bond acceptors (Lipinski definition) is 5. The van der Waals surface area contributed by atoms with Gasteiger partial charge in [0.2, 0.25) is 5.91 Å². The van der Waals surface area contributed by atoms with E-state index >= 15 is 0 Å². The number of hydrogen-bond donors (Lipinski definition) is 2. The van der Waals surface area contributed by atoms with E-state index in [2.05, 4.69) is 10.6 Å². The van der Waals surface area contributed by atoms with Gasteiger partial charge in [-0.3, -0.25) is 4.79 Å². The maximum atomic E-state index is 13.2. The predicted octanol–water partition coefficient (Wildman–Crippen LogP) is 5.44. The van der Waals surface area contributed by atoms with Gasteiger partial charge in [0.15, 0.2) is 0 Å². The Bertz CT molecular complexity index is 1370. The first kappa shape index (κ1) is 26.3. The van der Waals surface area contributed by atoms with Gasteiger partial charge in [0.1, 0.15) is 23.9 Å². The molecule has 38 heavy (non-hydrogen) atoms. The van der Waals surface area contributed by atoms with Crippen molar-refractivity contribution >= 4 is 23.4 Å². The van der Waals surface area contributed by atoms with Crippen molar-refractivity contribution in [3.8, 4) is 28.4 Å². The number of nitrogens with one attached hydrogen (secondary N) is 2. The molecule has 0 unspecified atom stereocenters. The smallest absolute Gasteiger partial charge is 0.322 e. The van der Waals surface area contributed by atoms with E-state index in [1.54, 1.807) is 30.0 Å². The van der Waals surface area contributed by atoms with Gasteiger partial charge in [-0.15, -0.1) is 0 Å². The van der Waals surface area contributed by atoms with E-state index in [1.165, 1.54) is 12.0 Å². The number of carbonyl (C=O) groups is 2. The average Bonchev–Trinajstić information content (AvgIpc) is 3.37. The summed E-state index contributed by atoms with van der Waals surface area (Å²) < 4.78 is 12.3. The number of anilines is 2. The van der Waals surface area contributed by atoms with E-state index in [0.29, 0.717) is 41.7 Å². The minimum absolute atomic E-state index is 0.136. The van der Waals surface area contributed by atoms with Crippen molar-refractivity contribution in [3.05, 3.63) is 84.9 Å². The molecule has 0 radical (unpaired) electrons. The maximum Gasteiger partial charge on any atom is 0.322 e. The van der Waals surface area contributed by atoms with Gasteiger partial charge in [-0.25, -0.2) is 9.48 Å². The average molecular weight is 514 g/mol. The van der Waals surface area contributed by atoms with Gasteiger partial charge in [-0.2, -0.15) is 5.10 Å². The first-order valence-electron chi connectivity index (χ1n) is 12.3. The molecule has 0 saturated carbocycles. The van der Waals surface area contributed by atoms with E-state index < -0.39 is 0 Å². The Morgan fingerprint density at radius 1 is 0.895 bits per heavy atom. The van der Waals surface area contributed by atoms with Gasteiger partial charge in [-0.05, 0) is 42.8 Å². The zero-order valence-corrected chi connectivity index (χ0v) is 21.7. The number of amides is 3. The Balaban J connectivity index is 1.56. The topological polar surface area (TPSA) is 97.7 Å². The highest BCUT2D eigenvalue weighted by molar-refractivity contribution is 5.97. The van der Waals surface area contributed by atoms with Gasteiger partial charge < -0.3 is 25.0 Å². The standard InChI is InChI=1S/C29H31N5O4/c1-4-18-33(29(36)30-24-12-8-9-13-26(24)38-3)20-28(35)31-27-19-25(21-10-6-5-7-11-21)32-34(27)22-14-16-23(37-2)17-15-22/h5-17,19H,4,18,20H2,1-3H3,(H,30,36)(H,31,35).